The molecule has 0 spiro atoms. The summed E-state index contributed by atoms with van der Waals surface area (Å²) >= 11 is 1.37. The van der Waals surface area contributed by atoms with Gasteiger partial charge in [0.2, 0.25) is 0 Å². The third-order valence-electron chi connectivity index (χ3n) is 3.42. The Morgan fingerprint density at radius 3 is 2.89 bits per heavy atom. The van der Waals surface area contributed by atoms with Crippen LogP contribution in [0.3, 0.4) is 0 Å². The molecule has 0 aromatic carbocycles. The first-order valence-corrected chi connectivity index (χ1v) is 7.62. The van der Waals surface area contributed by atoms with Crippen LogP contribution in [-0.4, -0.2) is 30.5 Å². The number of aromatic nitrogens is 1. The quantitative estimate of drug-likeness (QED) is 0.838. The summed E-state index contributed by atoms with van der Waals surface area (Å²) in [5.41, 5.74) is 5.86. The first kappa shape index (κ1) is 14.1. The van der Waals surface area contributed by atoms with E-state index in [4.69, 9.17) is 5.73 Å². The van der Waals surface area contributed by atoms with E-state index in [-0.39, 0.29) is 11.9 Å². The van der Waals surface area contributed by atoms with Gasteiger partial charge in [0.15, 0.2) is 5.13 Å². The second-order valence-electron chi connectivity index (χ2n) is 5.23. The molecule has 0 aliphatic heterocycles. The minimum absolute atomic E-state index is 0.0921. The number of rotatable bonds is 6. The van der Waals surface area contributed by atoms with Crippen molar-refractivity contribution in [3.8, 4) is 0 Å². The van der Waals surface area contributed by atoms with Crippen molar-refractivity contribution >= 4 is 28.2 Å². The summed E-state index contributed by atoms with van der Waals surface area (Å²) in [6.45, 7) is 5.07. The third-order valence-corrected chi connectivity index (χ3v) is 4.61. The lowest BCUT2D eigenvalue weighted by molar-refractivity contribution is 0.0940. The third kappa shape index (κ3) is 3.37. The molecule has 0 bridgehead atoms. The number of amides is 1. The Bertz CT molecular complexity index is 455. The van der Waals surface area contributed by atoms with Gasteiger partial charge in [0.1, 0.15) is 10.7 Å². The lowest BCUT2D eigenvalue weighted by Crippen LogP contribution is -2.33. The maximum atomic E-state index is 12.2. The summed E-state index contributed by atoms with van der Waals surface area (Å²) in [6.07, 6.45) is 3.46. The topological polar surface area (TPSA) is 71.2 Å². The van der Waals surface area contributed by atoms with Crippen LogP contribution in [-0.2, 0) is 0 Å². The van der Waals surface area contributed by atoms with E-state index in [0.29, 0.717) is 16.6 Å². The SMILES string of the molecule is CCCN(C)c1nc(N)c(C(=O)NC(C)C2CC2)s1. The van der Waals surface area contributed by atoms with Crippen molar-refractivity contribution < 1.29 is 4.79 Å². The number of carbonyl (C=O) groups excluding carboxylic acids is 1. The van der Waals surface area contributed by atoms with Crippen molar-refractivity contribution in [1.29, 1.82) is 0 Å². The minimum atomic E-state index is -0.0921. The summed E-state index contributed by atoms with van der Waals surface area (Å²) in [4.78, 5) is 19.0. The Balaban J connectivity index is 2.04. The summed E-state index contributed by atoms with van der Waals surface area (Å²) < 4.78 is 0. The number of thiazole rings is 1. The summed E-state index contributed by atoms with van der Waals surface area (Å²) in [5.74, 6) is 0.884. The lowest BCUT2D eigenvalue weighted by atomic mass is 10.2. The van der Waals surface area contributed by atoms with Gasteiger partial charge in [-0.2, -0.15) is 0 Å². The molecule has 3 N–H and O–H groups in total. The lowest BCUT2D eigenvalue weighted by Gasteiger charge is -2.13. The molecule has 1 atom stereocenters. The molecule has 1 saturated carbocycles. The Labute approximate surface area is 118 Å². The predicted molar refractivity (Wildman–Crippen MR) is 79.7 cm³/mol. The summed E-state index contributed by atoms with van der Waals surface area (Å²) in [7, 11) is 1.97. The average Bonchev–Trinajstić information content (AvgIpc) is 3.12. The Morgan fingerprint density at radius 2 is 2.32 bits per heavy atom. The van der Waals surface area contributed by atoms with Crippen LogP contribution in [0.1, 0.15) is 42.8 Å². The van der Waals surface area contributed by atoms with Gasteiger partial charge in [0.05, 0.1) is 0 Å². The number of carbonyl (C=O) groups is 1. The highest BCUT2D eigenvalue weighted by atomic mass is 32.1. The smallest absolute Gasteiger partial charge is 0.265 e. The van der Waals surface area contributed by atoms with E-state index in [1.54, 1.807) is 0 Å². The van der Waals surface area contributed by atoms with Crippen LogP contribution in [0.25, 0.3) is 0 Å². The van der Waals surface area contributed by atoms with Gasteiger partial charge in [-0.25, -0.2) is 4.98 Å². The largest absolute Gasteiger partial charge is 0.382 e. The highest BCUT2D eigenvalue weighted by molar-refractivity contribution is 7.18. The van der Waals surface area contributed by atoms with Gasteiger partial charge in [0.25, 0.3) is 5.91 Å². The van der Waals surface area contributed by atoms with Crippen LogP contribution in [0, 0.1) is 5.92 Å². The van der Waals surface area contributed by atoms with E-state index < -0.39 is 0 Å². The number of hydrogen-bond acceptors (Lipinski definition) is 5. The van der Waals surface area contributed by atoms with E-state index in [1.807, 2.05) is 11.9 Å². The monoisotopic (exact) mass is 282 g/mol. The number of hydrogen-bond donors (Lipinski definition) is 2. The van der Waals surface area contributed by atoms with Gasteiger partial charge in [-0.3, -0.25) is 4.79 Å². The Morgan fingerprint density at radius 1 is 1.63 bits per heavy atom. The van der Waals surface area contributed by atoms with E-state index in [0.717, 1.165) is 18.1 Å². The van der Waals surface area contributed by atoms with E-state index in [1.165, 1.54) is 24.2 Å². The normalized spacial score (nSPS) is 16.2. The van der Waals surface area contributed by atoms with Crippen LogP contribution in [0.4, 0.5) is 10.9 Å². The number of nitrogens with zero attached hydrogens (tertiary/aromatic N) is 2. The molecule has 1 aliphatic rings. The van der Waals surface area contributed by atoms with E-state index in [2.05, 4.69) is 24.1 Å². The van der Waals surface area contributed by atoms with Gasteiger partial charge in [-0.05, 0) is 32.1 Å². The zero-order valence-corrected chi connectivity index (χ0v) is 12.6. The zero-order valence-electron chi connectivity index (χ0n) is 11.8. The fourth-order valence-electron chi connectivity index (χ4n) is 2.06. The molecular weight excluding hydrogens is 260 g/mol. The molecule has 19 heavy (non-hydrogen) atoms. The molecule has 1 aliphatic carbocycles. The molecule has 2 rings (SSSR count). The molecule has 0 saturated heterocycles. The predicted octanol–water partition coefficient (Wildman–Crippen LogP) is 2.10. The molecule has 106 valence electrons. The van der Waals surface area contributed by atoms with E-state index >= 15 is 0 Å². The van der Waals surface area contributed by atoms with Crippen molar-refractivity contribution in [3.05, 3.63) is 4.88 Å². The highest BCUT2D eigenvalue weighted by Crippen LogP contribution is 2.33. The van der Waals surface area contributed by atoms with Gasteiger partial charge in [-0.1, -0.05) is 18.3 Å². The number of nitrogens with one attached hydrogen (secondary N) is 1. The number of anilines is 2. The fraction of sp³-hybridized carbons (Fsp3) is 0.692. The van der Waals surface area contributed by atoms with Crippen molar-refractivity contribution in [3.63, 3.8) is 0 Å². The van der Waals surface area contributed by atoms with Crippen LogP contribution < -0.4 is 16.0 Å². The van der Waals surface area contributed by atoms with Crippen molar-refractivity contribution in [1.82, 2.24) is 10.3 Å². The van der Waals surface area contributed by atoms with Gasteiger partial charge >= 0.3 is 0 Å². The van der Waals surface area contributed by atoms with Gasteiger partial charge in [0, 0.05) is 19.6 Å². The molecule has 1 unspecified atom stereocenters. The molecule has 0 radical (unpaired) electrons. The molecule has 1 fully saturated rings. The van der Waals surface area contributed by atoms with Crippen molar-refractivity contribution in [2.24, 2.45) is 5.92 Å². The summed E-state index contributed by atoms with van der Waals surface area (Å²) in [6, 6.07) is 0.228. The average molecular weight is 282 g/mol. The summed E-state index contributed by atoms with van der Waals surface area (Å²) in [5, 5.41) is 3.83. The Hall–Kier alpha value is -1.30. The maximum absolute atomic E-state index is 12.2. The molecule has 1 aromatic heterocycles. The minimum Gasteiger partial charge on any atom is -0.382 e. The molecule has 1 aromatic rings. The second kappa shape index (κ2) is 5.77. The molecular formula is C13H22N4OS. The number of nitrogen functional groups attached to an aromatic ring is 1. The van der Waals surface area contributed by atoms with Crippen LogP contribution >= 0.6 is 11.3 Å². The fourth-order valence-corrected chi connectivity index (χ4v) is 2.94. The van der Waals surface area contributed by atoms with Gasteiger partial charge < -0.3 is 16.0 Å². The van der Waals surface area contributed by atoms with Crippen molar-refractivity contribution in [2.75, 3.05) is 24.2 Å². The van der Waals surface area contributed by atoms with E-state index in [9.17, 15) is 4.79 Å². The standard InChI is InChI=1S/C13H22N4OS/c1-4-7-17(3)13-16-11(14)10(19-13)12(18)15-8(2)9-5-6-9/h8-9H,4-7,14H2,1-3H3,(H,15,18). The van der Waals surface area contributed by atoms with Crippen LogP contribution in [0.2, 0.25) is 0 Å². The molecule has 5 nitrogen and oxygen atoms in total. The van der Waals surface area contributed by atoms with Crippen molar-refractivity contribution in [2.45, 2.75) is 39.2 Å². The first-order chi connectivity index (χ1) is 9.02. The van der Waals surface area contributed by atoms with Gasteiger partial charge in [-0.15, -0.1) is 0 Å². The number of nitrogens with two attached hydrogens (primary N) is 1. The maximum Gasteiger partial charge on any atom is 0.265 e. The molecule has 6 heteroatoms. The molecule has 1 heterocycles. The first-order valence-electron chi connectivity index (χ1n) is 6.81. The second-order valence-corrected chi connectivity index (χ2v) is 6.21. The van der Waals surface area contributed by atoms with Crippen LogP contribution in [0.15, 0.2) is 0 Å². The zero-order chi connectivity index (χ0) is 14.0. The Kier molecular flexibility index (Phi) is 4.29. The molecule has 1 amide bonds. The van der Waals surface area contributed by atoms with Crippen LogP contribution in [0.5, 0.6) is 0 Å². The highest BCUT2D eigenvalue weighted by Gasteiger charge is 2.30.